The monoisotopic (exact) mass is 239 g/mol. The minimum absolute atomic E-state index is 0.464. The summed E-state index contributed by atoms with van der Waals surface area (Å²) in [7, 11) is 0. The average Bonchev–Trinajstić information content (AvgIpc) is 2.64. The van der Waals surface area contributed by atoms with Crippen LogP contribution in [0.3, 0.4) is 0 Å². The Morgan fingerprint density at radius 3 is 2.59 bits per heavy atom. The van der Waals surface area contributed by atoms with Gasteiger partial charge in [0.2, 0.25) is 0 Å². The highest BCUT2D eigenvalue weighted by Crippen LogP contribution is 2.42. The Hall–Kier alpha value is -0.830. The molecule has 1 aliphatic rings. The van der Waals surface area contributed by atoms with Gasteiger partial charge in [-0.05, 0) is 30.6 Å². The van der Waals surface area contributed by atoms with Crippen LogP contribution >= 0.6 is 0 Å². The first-order chi connectivity index (χ1) is 8.04. The zero-order valence-corrected chi connectivity index (χ0v) is 11.0. The molecule has 17 heavy (non-hydrogen) atoms. The molecule has 0 bridgehead atoms. The highest BCUT2D eigenvalue weighted by molar-refractivity contribution is 5.79. The van der Waals surface area contributed by atoms with Crippen LogP contribution in [-0.4, -0.2) is 24.2 Å². The molecule has 0 aliphatic heterocycles. The zero-order valence-electron chi connectivity index (χ0n) is 11.0. The van der Waals surface area contributed by atoms with Crippen molar-refractivity contribution in [3.63, 3.8) is 0 Å². The van der Waals surface area contributed by atoms with Crippen LogP contribution < -0.4 is 5.32 Å². The van der Waals surface area contributed by atoms with Crippen LogP contribution in [0.5, 0.6) is 0 Å². The Labute approximate surface area is 104 Å². The number of carbonyl (C=O) groups is 1. The second-order valence-electron chi connectivity index (χ2n) is 5.68. The topological polar surface area (TPSA) is 49.3 Å². The maximum absolute atomic E-state index is 10.3. The highest BCUT2D eigenvalue weighted by atomic mass is 16.4. The number of aliphatic carboxylic acids is 1. The molecule has 0 saturated heterocycles. The number of rotatable bonds is 7. The Balaban J connectivity index is 2.32. The third kappa shape index (κ3) is 5.35. The van der Waals surface area contributed by atoms with Gasteiger partial charge in [0.25, 0.3) is 0 Å². The lowest BCUT2D eigenvalue weighted by atomic mass is 9.78. The molecule has 1 saturated carbocycles. The lowest BCUT2D eigenvalue weighted by Crippen LogP contribution is -2.33. The van der Waals surface area contributed by atoms with E-state index in [4.69, 9.17) is 5.11 Å². The minimum atomic E-state index is -0.871. The van der Waals surface area contributed by atoms with Gasteiger partial charge in [-0.1, -0.05) is 32.8 Å². The van der Waals surface area contributed by atoms with Gasteiger partial charge in [0.15, 0.2) is 0 Å². The molecule has 0 radical (unpaired) electrons. The lowest BCUT2D eigenvalue weighted by molar-refractivity contribution is -0.131. The summed E-state index contributed by atoms with van der Waals surface area (Å²) < 4.78 is 0. The van der Waals surface area contributed by atoms with Gasteiger partial charge >= 0.3 is 5.97 Å². The van der Waals surface area contributed by atoms with E-state index >= 15 is 0 Å². The molecule has 0 spiro atoms. The van der Waals surface area contributed by atoms with E-state index in [0.29, 0.717) is 12.0 Å². The fourth-order valence-electron chi connectivity index (χ4n) is 3.02. The number of hydrogen-bond donors (Lipinski definition) is 2. The summed E-state index contributed by atoms with van der Waals surface area (Å²) in [6.07, 6.45) is 9.50. The van der Waals surface area contributed by atoms with Crippen molar-refractivity contribution in [2.45, 2.75) is 46.0 Å². The molecular formula is C14H25NO2. The second kappa shape index (κ2) is 6.80. The van der Waals surface area contributed by atoms with Gasteiger partial charge < -0.3 is 10.4 Å². The number of hydrogen-bond acceptors (Lipinski definition) is 2. The Morgan fingerprint density at radius 1 is 1.41 bits per heavy atom. The smallest absolute Gasteiger partial charge is 0.328 e. The molecule has 3 nitrogen and oxygen atoms in total. The van der Waals surface area contributed by atoms with Crippen LogP contribution in [-0.2, 0) is 4.79 Å². The molecule has 1 fully saturated rings. The number of carboxylic acids is 1. The summed E-state index contributed by atoms with van der Waals surface area (Å²) in [4.78, 5) is 10.3. The SMILES string of the molecule is CC(C)CC1(CNC/C=C/C(=O)O)CCCC1. The van der Waals surface area contributed by atoms with Crippen molar-refractivity contribution in [1.82, 2.24) is 5.32 Å². The van der Waals surface area contributed by atoms with Crippen molar-refractivity contribution in [2.75, 3.05) is 13.1 Å². The highest BCUT2D eigenvalue weighted by Gasteiger charge is 2.33. The quantitative estimate of drug-likeness (QED) is 0.530. The summed E-state index contributed by atoms with van der Waals surface area (Å²) in [5.41, 5.74) is 0.464. The van der Waals surface area contributed by atoms with Crippen molar-refractivity contribution in [3.8, 4) is 0 Å². The number of nitrogens with one attached hydrogen (secondary N) is 1. The molecule has 98 valence electrons. The Bertz CT molecular complexity index is 265. The first-order valence-corrected chi connectivity index (χ1v) is 6.64. The number of carboxylic acid groups (broad SMARTS) is 1. The summed E-state index contributed by atoms with van der Waals surface area (Å²) >= 11 is 0. The average molecular weight is 239 g/mol. The van der Waals surface area contributed by atoms with Crippen molar-refractivity contribution < 1.29 is 9.90 Å². The van der Waals surface area contributed by atoms with Crippen LogP contribution in [0.15, 0.2) is 12.2 Å². The Morgan fingerprint density at radius 2 is 2.06 bits per heavy atom. The molecule has 2 N–H and O–H groups in total. The van der Waals surface area contributed by atoms with E-state index in [1.165, 1.54) is 38.2 Å². The Kier molecular flexibility index (Phi) is 5.69. The predicted octanol–water partition coefficient (Wildman–Crippen LogP) is 2.82. The summed E-state index contributed by atoms with van der Waals surface area (Å²) in [5.74, 6) is -0.131. The van der Waals surface area contributed by atoms with Gasteiger partial charge in [0.1, 0.15) is 0 Å². The third-order valence-corrected chi connectivity index (χ3v) is 3.53. The first kappa shape index (κ1) is 14.2. The van der Waals surface area contributed by atoms with Crippen molar-refractivity contribution in [1.29, 1.82) is 0 Å². The molecule has 0 unspecified atom stereocenters. The fraction of sp³-hybridized carbons (Fsp3) is 0.786. The van der Waals surface area contributed by atoms with Crippen LogP contribution in [0.25, 0.3) is 0 Å². The maximum Gasteiger partial charge on any atom is 0.328 e. The van der Waals surface area contributed by atoms with E-state index in [9.17, 15) is 4.79 Å². The normalized spacial score (nSPS) is 19.2. The van der Waals surface area contributed by atoms with Crippen molar-refractivity contribution >= 4 is 5.97 Å². The fourth-order valence-corrected chi connectivity index (χ4v) is 3.02. The molecule has 0 heterocycles. The van der Waals surface area contributed by atoms with E-state index < -0.39 is 5.97 Å². The van der Waals surface area contributed by atoms with E-state index in [0.717, 1.165) is 12.5 Å². The largest absolute Gasteiger partial charge is 0.478 e. The molecule has 0 aromatic rings. The molecule has 1 rings (SSSR count). The van der Waals surface area contributed by atoms with Gasteiger partial charge in [-0.3, -0.25) is 0 Å². The van der Waals surface area contributed by atoms with Gasteiger partial charge in [-0.2, -0.15) is 0 Å². The van der Waals surface area contributed by atoms with Gasteiger partial charge in [-0.15, -0.1) is 0 Å². The van der Waals surface area contributed by atoms with E-state index in [1.807, 2.05) is 0 Å². The summed E-state index contributed by atoms with van der Waals surface area (Å²) in [6.45, 7) is 6.25. The predicted molar refractivity (Wildman–Crippen MR) is 70.0 cm³/mol. The molecule has 0 aromatic heterocycles. The molecule has 0 atom stereocenters. The van der Waals surface area contributed by atoms with Crippen molar-refractivity contribution in [2.24, 2.45) is 11.3 Å². The standard InChI is InChI=1S/C14H25NO2/c1-12(2)10-14(7-3-4-8-14)11-15-9-5-6-13(16)17/h5-6,12,15H,3-4,7-11H2,1-2H3,(H,16,17)/b6-5+. The minimum Gasteiger partial charge on any atom is -0.478 e. The van der Waals surface area contributed by atoms with Crippen LogP contribution in [0.1, 0.15) is 46.0 Å². The van der Waals surface area contributed by atoms with E-state index in [1.54, 1.807) is 6.08 Å². The van der Waals surface area contributed by atoms with Crippen LogP contribution in [0.2, 0.25) is 0 Å². The van der Waals surface area contributed by atoms with Crippen LogP contribution in [0.4, 0.5) is 0 Å². The molecule has 3 heteroatoms. The maximum atomic E-state index is 10.3. The van der Waals surface area contributed by atoms with Crippen molar-refractivity contribution in [3.05, 3.63) is 12.2 Å². The van der Waals surface area contributed by atoms with Crippen LogP contribution in [0, 0.1) is 11.3 Å². The van der Waals surface area contributed by atoms with E-state index in [-0.39, 0.29) is 0 Å². The molecule has 1 aliphatic carbocycles. The lowest BCUT2D eigenvalue weighted by Gasteiger charge is -2.31. The van der Waals surface area contributed by atoms with E-state index in [2.05, 4.69) is 19.2 Å². The van der Waals surface area contributed by atoms with Gasteiger partial charge in [0.05, 0.1) is 0 Å². The zero-order chi connectivity index (χ0) is 12.7. The second-order valence-corrected chi connectivity index (χ2v) is 5.68. The summed E-state index contributed by atoms with van der Waals surface area (Å²) in [6, 6.07) is 0. The van der Waals surface area contributed by atoms with Gasteiger partial charge in [0, 0.05) is 19.2 Å². The molecule has 0 amide bonds. The summed E-state index contributed by atoms with van der Waals surface area (Å²) in [5, 5.41) is 11.9. The first-order valence-electron chi connectivity index (χ1n) is 6.64. The molecular weight excluding hydrogens is 214 g/mol. The van der Waals surface area contributed by atoms with Gasteiger partial charge in [-0.25, -0.2) is 4.79 Å². The molecule has 0 aromatic carbocycles. The third-order valence-electron chi connectivity index (χ3n) is 3.53.